The van der Waals surface area contributed by atoms with Gasteiger partial charge < -0.3 is 4.90 Å². The van der Waals surface area contributed by atoms with Crippen molar-refractivity contribution in [2.45, 2.75) is 0 Å². The van der Waals surface area contributed by atoms with Gasteiger partial charge in [0.15, 0.2) is 0 Å². The van der Waals surface area contributed by atoms with Crippen molar-refractivity contribution in [2.24, 2.45) is 0 Å². The maximum absolute atomic E-state index is 2.38. The lowest BCUT2D eigenvalue weighted by atomic mass is 9.92. The van der Waals surface area contributed by atoms with E-state index in [1.807, 2.05) is 11.3 Å². The van der Waals surface area contributed by atoms with Crippen molar-refractivity contribution in [1.29, 1.82) is 0 Å². The molecule has 0 aliphatic carbocycles. The summed E-state index contributed by atoms with van der Waals surface area (Å²) in [4.78, 5) is 2.38. The lowest BCUT2D eigenvalue weighted by Crippen LogP contribution is -2.10. The molecular formula is C58H37NS. The van der Waals surface area contributed by atoms with Crippen molar-refractivity contribution in [3.63, 3.8) is 0 Å². The summed E-state index contributed by atoms with van der Waals surface area (Å²) in [5.41, 5.74) is 10.5. The van der Waals surface area contributed by atoms with Gasteiger partial charge in [0.25, 0.3) is 0 Å². The Hall–Kier alpha value is -7.52. The molecule has 60 heavy (non-hydrogen) atoms. The van der Waals surface area contributed by atoms with Gasteiger partial charge in [0.05, 0.1) is 0 Å². The van der Waals surface area contributed by atoms with Crippen LogP contribution in [0.1, 0.15) is 0 Å². The molecule has 0 saturated heterocycles. The van der Waals surface area contributed by atoms with Crippen molar-refractivity contribution in [3.05, 3.63) is 224 Å². The standard InChI is InChI=1S/C58H37NS/c1-2-11-41-34-43(21-20-38(41)10-1)42-12-9-13-48(35-42)59(47-30-24-40(25-31-47)45-27-33-55-54-18-7-8-19-57(54)60-58(55)37-45)46-28-22-39(23-29-46)44-26-32-53-51-16-4-3-14-49(51)50-15-5-6-17-52(50)56(53)36-44/h1-37H. The van der Waals surface area contributed by atoms with Crippen LogP contribution in [0.25, 0.3) is 96.6 Å². The highest BCUT2D eigenvalue weighted by atomic mass is 32.1. The number of rotatable bonds is 6. The van der Waals surface area contributed by atoms with Crippen LogP contribution in [0.15, 0.2) is 224 Å². The maximum Gasteiger partial charge on any atom is 0.0467 e. The molecule has 280 valence electrons. The van der Waals surface area contributed by atoms with Gasteiger partial charge in [-0.3, -0.25) is 0 Å². The fraction of sp³-hybridized carbons (Fsp3) is 0. The Morgan fingerprint density at radius 1 is 0.233 bits per heavy atom. The Bertz CT molecular complexity index is 3560. The minimum Gasteiger partial charge on any atom is -0.310 e. The predicted octanol–water partition coefficient (Wildman–Crippen LogP) is 17.1. The van der Waals surface area contributed by atoms with E-state index in [1.165, 1.54) is 96.6 Å². The van der Waals surface area contributed by atoms with E-state index in [0.29, 0.717) is 0 Å². The lowest BCUT2D eigenvalue weighted by molar-refractivity contribution is 1.28. The molecule has 0 bridgehead atoms. The monoisotopic (exact) mass is 779 g/mol. The van der Waals surface area contributed by atoms with Crippen molar-refractivity contribution in [1.82, 2.24) is 0 Å². The van der Waals surface area contributed by atoms with E-state index in [9.17, 15) is 0 Å². The number of hydrogen-bond donors (Lipinski definition) is 0. The Morgan fingerprint density at radius 3 is 1.38 bits per heavy atom. The normalized spacial score (nSPS) is 11.7. The van der Waals surface area contributed by atoms with Gasteiger partial charge in [0.1, 0.15) is 0 Å². The lowest BCUT2D eigenvalue weighted by Gasteiger charge is -2.26. The van der Waals surface area contributed by atoms with Gasteiger partial charge in [0, 0.05) is 37.2 Å². The molecule has 0 fully saturated rings. The van der Waals surface area contributed by atoms with Crippen LogP contribution in [0.2, 0.25) is 0 Å². The van der Waals surface area contributed by atoms with E-state index in [1.54, 1.807) is 0 Å². The topological polar surface area (TPSA) is 3.24 Å². The average molecular weight is 780 g/mol. The Labute approximate surface area is 352 Å². The molecule has 12 rings (SSSR count). The third-order valence-corrected chi connectivity index (χ3v) is 13.4. The number of hydrogen-bond acceptors (Lipinski definition) is 2. The highest BCUT2D eigenvalue weighted by Crippen LogP contribution is 2.42. The molecule has 0 saturated carbocycles. The molecule has 1 aromatic heterocycles. The second kappa shape index (κ2) is 14.1. The molecular weight excluding hydrogens is 743 g/mol. The molecule has 1 heterocycles. The van der Waals surface area contributed by atoms with Crippen LogP contribution < -0.4 is 4.90 Å². The molecule has 0 aliphatic heterocycles. The third-order valence-electron chi connectivity index (χ3n) is 12.2. The molecule has 11 aromatic carbocycles. The quantitative estimate of drug-likeness (QED) is 0.152. The van der Waals surface area contributed by atoms with E-state index in [2.05, 4.69) is 229 Å². The molecule has 0 spiro atoms. The first kappa shape index (κ1) is 34.5. The minimum absolute atomic E-state index is 1.10. The molecule has 0 atom stereocenters. The van der Waals surface area contributed by atoms with Crippen LogP contribution >= 0.6 is 11.3 Å². The van der Waals surface area contributed by atoms with Crippen LogP contribution in [-0.4, -0.2) is 0 Å². The summed E-state index contributed by atoms with van der Waals surface area (Å²) in [6, 6.07) is 82.5. The maximum atomic E-state index is 2.38. The molecule has 0 radical (unpaired) electrons. The van der Waals surface area contributed by atoms with Crippen molar-refractivity contribution >= 4 is 91.7 Å². The highest BCUT2D eigenvalue weighted by Gasteiger charge is 2.16. The summed E-state index contributed by atoms with van der Waals surface area (Å²) in [7, 11) is 0. The van der Waals surface area contributed by atoms with Gasteiger partial charge in [-0.2, -0.15) is 0 Å². The van der Waals surface area contributed by atoms with E-state index >= 15 is 0 Å². The fourth-order valence-corrected chi connectivity index (χ4v) is 10.4. The SMILES string of the molecule is c1cc(-c2ccc3ccccc3c2)cc(N(c2ccc(-c3ccc4c(c3)sc3ccccc34)cc2)c2ccc(-c3ccc4c5ccccc5c5ccccc5c4c3)cc2)c1. The molecule has 1 nitrogen and oxygen atoms in total. The number of fused-ring (bicyclic) bond motifs is 10. The molecule has 12 aromatic rings. The van der Waals surface area contributed by atoms with Gasteiger partial charge in [-0.05, 0) is 137 Å². The van der Waals surface area contributed by atoms with Crippen LogP contribution in [0.3, 0.4) is 0 Å². The van der Waals surface area contributed by atoms with Gasteiger partial charge >= 0.3 is 0 Å². The Kier molecular flexibility index (Phi) is 8.11. The van der Waals surface area contributed by atoms with Crippen molar-refractivity contribution < 1.29 is 0 Å². The van der Waals surface area contributed by atoms with Crippen LogP contribution in [0.4, 0.5) is 17.1 Å². The number of anilines is 3. The van der Waals surface area contributed by atoms with E-state index in [4.69, 9.17) is 0 Å². The predicted molar refractivity (Wildman–Crippen MR) is 260 cm³/mol. The summed E-state index contributed by atoms with van der Waals surface area (Å²) >= 11 is 1.87. The van der Waals surface area contributed by atoms with Crippen LogP contribution in [0, 0.1) is 0 Å². The van der Waals surface area contributed by atoms with Gasteiger partial charge in [-0.25, -0.2) is 0 Å². The van der Waals surface area contributed by atoms with Gasteiger partial charge in [-0.15, -0.1) is 11.3 Å². The summed E-state index contributed by atoms with van der Waals surface area (Å²) < 4.78 is 2.65. The van der Waals surface area contributed by atoms with Crippen LogP contribution in [0.5, 0.6) is 0 Å². The van der Waals surface area contributed by atoms with E-state index in [-0.39, 0.29) is 0 Å². The first-order chi connectivity index (χ1) is 29.7. The summed E-state index contributed by atoms with van der Waals surface area (Å²) in [6.07, 6.45) is 0. The highest BCUT2D eigenvalue weighted by molar-refractivity contribution is 7.25. The first-order valence-corrected chi connectivity index (χ1v) is 21.4. The second-order valence-corrected chi connectivity index (χ2v) is 16.8. The average Bonchev–Trinajstić information content (AvgIpc) is 3.70. The molecule has 0 unspecified atom stereocenters. The zero-order chi connectivity index (χ0) is 39.6. The number of nitrogens with zero attached hydrogens (tertiary/aromatic N) is 1. The second-order valence-electron chi connectivity index (χ2n) is 15.7. The molecule has 0 N–H and O–H groups in total. The molecule has 0 aliphatic rings. The third kappa shape index (κ3) is 5.84. The van der Waals surface area contributed by atoms with Crippen LogP contribution in [-0.2, 0) is 0 Å². The first-order valence-electron chi connectivity index (χ1n) is 20.6. The van der Waals surface area contributed by atoms with Gasteiger partial charge in [0.2, 0.25) is 0 Å². The van der Waals surface area contributed by atoms with Crippen molar-refractivity contribution in [2.75, 3.05) is 4.90 Å². The Morgan fingerprint density at radius 2 is 0.700 bits per heavy atom. The minimum atomic E-state index is 1.10. The summed E-state index contributed by atoms with van der Waals surface area (Å²) in [6.45, 7) is 0. The fourth-order valence-electron chi connectivity index (χ4n) is 9.24. The van der Waals surface area contributed by atoms with E-state index < -0.39 is 0 Å². The number of benzene rings is 11. The summed E-state index contributed by atoms with van der Waals surface area (Å²) in [5.74, 6) is 0. The van der Waals surface area contributed by atoms with Crippen molar-refractivity contribution in [3.8, 4) is 33.4 Å². The molecule has 2 heteroatoms. The van der Waals surface area contributed by atoms with Gasteiger partial charge in [-0.1, -0.05) is 164 Å². The Balaban J connectivity index is 0.949. The largest absolute Gasteiger partial charge is 0.310 e. The number of thiophene rings is 1. The zero-order valence-corrected chi connectivity index (χ0v) is 33.5. The molecule has 0 amide bonds. The summed E-state index contributed by atoms with van der Waals surface area (Å²) in [5, 5.41) is 12.9. The van der Waals surface area contributed by atoms with E-state index in [0.717, 1.165) is 17.1 Å². The zero-order valence-electron chi connectivity index (χ0n) is 32.7. The smallest absolute Gasteiger partial charge is 0.0467 e.